The molecule has 0 saturated heterocycles. The van der Waals surface area contributed by atoms with Crippen molar-refractivity contribution in [2.24, 2.45) is 11.7 Å². The first-order valence-electron chi connectivity index (χ1n) is 6.62. The minimum absolute atomic E-state index is 0. The van der Waals surface area contributed by atoms with E-state index >= 15 is 0 Å². The molecule has 0 radical (unpaired) electrons. The van der Waals surface area contributed by atoms with E-state index < -0.39 is 6.04 Å². The van der Waals surface area contributed by atoms with Crippen molar-refractivity contribution in [2.45, 2.75) is 33.4 Å². The molecule has 0 aliphatic carbocycles. The van der Waals surface area contributed by atoms with Crippen LogP contribution in [0.4, 0.5) is 5.69 Å². The van der Waals surface area contributed by atoms with Gasteiger partial charge in [0.1, 0.15) is 0 Å². The van der Waals surface area contributed by atoms with Crippen molar-refractivity contribution >= 4 is 36.4 Å². The van der Waals surface area contributed by atoms with Gasteiger partial charge in [0.15, 0.2) is 0 Å². The molecular formula is C15H27Cl2N3O. The fraction of sp³-hybridized carbons (Fsp3) is 0.533. The number of hydrogen-bond acceptors (Lipinski definition) is 3. The third kappa shape index (κ3) is 7.14. The number of halogens is 2. The number of aryl methyl sites for hydroxylation is 1. The van der Waals surface area contributed by atoms with Crippen molar-refractivity contribution in [3.05, 3.63) is 29.3 Å². The molecule has 6 heteroatoms. The molecule has 0 spiro atoms. The minimum atomic E-state index is -0.475. The SMILES string of the molecule is Cc1ccc(CN(C)C)cc1NC(=O)[C@@H](N)C(C)C.Cl.Cl. The molecule has 0 aromatic heterocycles. The van der Waals surface area contributed by atoms with Crippen LogP contribution < -0.4 is 11.1 Å². The zero-order valence-corrected chi connectivity index (χ0v) is 15.0. The fourth-order valence-electron chi connectivity index (χ4n) is 1.79. The van der Waals surface area contributed by atoms with Gasteiger partial charge < -0.3 is 16.0 Å². The highest BCUT2D eigenvalue weighted by Gasteiger charge is 2.17. The van der Waals surface area contributed by atoms with E-state index in [9.17, 15) is 4.79 Å². The van der Waals surface area contributed by atoms with Crippen LogP contribution in [0.3, 0.4) is 0 Å². The van der Waals surface area contributed by atoms with E-state index in [0.29, 0.717) is 0 Å². The second kappa shape index (κ2) is 10.0. The van der Waals surface area contributed by atoms with Crippen molar-refractivity contribution in [1.82, 2.24) is 4.90 Å². The Morgan fingerprint density at radius 1 is 1.29 bits per heavy atom. The van der Waals surface area contributed by atoms with Crippen LogP contribution in [0.5, 0.6) is 0 Å². The molecule has 0 aliphatic heterocycles. The van der Waals surface area contributed by atoms with Crippen molar-refractivity contribution in [2.75, 3.05) is 19.4 Å². The second-order valence-corrected chi connectivity index (χ2v) is 5.65. The molecule has 0 saturated carbocycles. The number of amides is 1. The van der Waals surface area contributed by atoms with Gasteiger partial charge in [-0.3, -0.25) is 4.79 Å². The van der Waals surface area contributed by atoms with Crippen LogP contribution in [-0.2, 0) is 11.3 Å². The lowest BCUT2D eigenvalue weighted by molar-refractivity contribution is -0.118. The third-order valence-electron chi connectivity index (χ3n) is 3.08. The van der Waals surface area contributed by atoms with Gasteiger partial charge in [-0.2, -0.15) is 0 Å². The summed E-state index contributed by atoms with van der Waals surface area (Å²) in [7, 11) is 4.04. The molecule has 1 aromatic rings. The van der Waals surface area contributed by atoms with Gasteiger partial charge in [0.05, 0.1) is 6.04 Å². The van der Waals surface area contributed by atoms with Crippen LogP contribution in [0.1, 0.15) is 25.0 Å². The average Bonchev–Trinajstić information content (AvgIpc) is 2.31. The lowest BCUT2D eigenvalue weighted by atomic mass is 10.0. The van der Waals surface area contributed by atoms with E-state index in [0.717, 1.165) is 17.8 Å². The maximum absolute atomic E-state index is 12.0. The van der Waals surface area contributed by atoms with E-state index in [4.69, 9.17) is 5.73 Å². The van der Waals surface area contributed by atoms with Crippen LogP contribution in [0.25, 0.3) is 0 Å². The van der Waals surface area contributed by atoms with Gasteiger partial charge in [0, 0.05) is 12.2 Å². The Hall–Kier alpha value is -0.810. The van der Waals surface area contributed by atoms with E-state index in [1.165, 1.54) is 5.56 Å². The Balaban J connectivity index is 0. The van der Waals surface area contributed by atoms with Crippen LogP contribution in [-0.4, -0.2) is 30.9 Å². The molecule has 0 heterocycles. The van der Waals surface area contributed by atoms with Crippen LogP contribution in [0.2, 0.25) is 0 Å². The molecule has 122 valence electrons. The molecule has 0 unspecified atom stereocenters. The second-order valence-electron chi connectivity index (χ2n) is 5.65. The number of carbonyl (C=O) groups is 1. The zero-order valence-electron chi connectivity index (χ0n) is 13.3. The summed E-state index contributed by atoms with van der Waals surface area (Å²) in [4.78, 5) is 14.1. The largest absolute Gasteiger partial charge is 0.324 e. The summed E-state index contributed by atoms with van der Waals surface area (Å²) in [5.41, 5.74) is 8.92. The van der Waals surface area contributed by atoms with Crippen molar-refractivity contribution < 1.29 is 4.79 Å². The Labute approximate surface area is 140 Å². The molecule has 1 rings (SSSR count). The maximum Gasteiger partial charge on any atom is 0.241 e. The highest BCUT2D eigenvalue weighted by Crippen LogP contribution is 2.18. The van der Waals surface area contributed by atoms with Gasteiger partial charge in [-0.15, -0.1) is 24.8 Å². The molecule has 0 aliphatic rings. The number of benzene rings is 1. The Bertz CT molecular complexity index is 451. The predicted octanol–water partition coefficient (Wildman–Crippen LogP) is 2.82. The number of hydrogen-bond donors (Lipinski definition) is 2. The summed E-state index contributed by atoms with van der Waals surface area (Å²) in [5, 5.41) is 2.92. The van der Waals surface area contributed by atoms with Gasteiger partial charge in [0.2, 0.25) is 5.91 Å². The molecule has 3 N–H and O–H groups in total. The minimum Gasteiger partial charge on any atom is -0.324 e. The summed E-state index contributed by atoms with van der Waals surface area (Å²) in [6.45, 7) is 6.72. The molecular weight excluding hydrogens is 309 g/mol. The number of nitrogens with one attached hydrogen (secondary N) is 1. The maximum atomic E-state index is 12.0. The lowest BCUT2D eigenvalue weighted by Gasteiger charge is -2.18. The van der Waals surface area contributed by atoms with Crippen LogP contribution in [0, 0.1) is 12.8 Å². The normalized spacial score (nSPS) is 11.6. The van der Waals surface area contributed by atoms with E-state index in [1.54, 1.807) is 0 Å². The summed E-state index contributed by atoms with van der Waals surface area (Å²) >= 11 is 0. The molecule has 21 heavy (non-hydrogen) atoms. The summed E-state index contributed by atoms with van der Waals surface area (Å²) < 4.78 is 0. The molecule has 1 atom stereocenters. The van der Waals surface area contributed by atoms with Gasteiger partial charge in [-0.25, -0.2) is 0 Å². The smallest absolute Gasteiger partial charge is 0.241 e. The first-order valence-corrected chi connectivity index (χ1v) is 6.62. The van der Waals surface area contributed by atoms with Crippen LogP contribution >= 0.6 is 24.8 Å². The van der Waals surface area contributed by atoms with Crippen molar-refractivity contribution in [3.63, 3.8) is 0 Å². The van der Waals surface area contributed by atoms with E-state index in [-0.39, 0.29) is 36.6 Å². The molecule has 1 aromatic carbocycles. The standard InChI is InChI=1S/C15H25N3O.2ClH/c1-10(2)14(16)15(19)17-13-8-12(9-18(4)5)7-6-11(13)3;;/h6-8,10,14H,9,16H2,1-5H3,(H,17,19);2*1H/t14-;;/m0../s1. The topological polar surface area (TPSA) is 58.4 Å². The fourth-order valence-corrected chi connectivity index (χ4v) is 1.79. The number of nitrogens with zero attached hydrogens (tertiary/aromatic N) is 1. The van der Waals surface area contributed by atoms with E-state index in [1.807, 2.05) is 47.0 Å². The molecule has 4 nitrogen and oxygen atoms in total. The lowest BCUT2D eigenvalue weighted by Crippen LogP contribution is -2.39. The van der Waals surface area contributed by atoms with Gasteiger partial charge >= 0.3 is 0 Å². The first kappa shape index (κ1) is 22.5. The molecule has 0 bridgehead atoms. The monoisotopic (exact) mass is 335 g/mol. The Kier molecular flexibility index (Phi) is 10.7. The average molecular weight is 336 g/mol. The Morgan fingerprint density at radius 2 is 1.86 bits per heavy atom. The Morgan fingerprint density at radius 3 is 2.33 bits per heavy atom. The molecule has 0 fully saturated rings. The summed E-state index contributed by atoms with van der Waals surface area (Å²) in [6, 6.07) is 5.64. The highest BCUT2D eigenvalue weighted by atomic mass is 35.5. The van der Waals surface area contributed by atoms with E-state index in [2.05, 4.69) is 16.3 Å². The first-order chi connectivity index (χ1) is 8.81. The number of rotatable bonds is 5. The van der Waals surface area contributed by atoms with Gasteiger partial charge in [-0.05, 0) is 44.1 Å². The van der Waals surface area contributed by atoms with Crippen LogP contribution in [0.15, 0.2) is 18.2 Å². The number of carbonyl (C=O) groups excluding carboxylic acids is 1. The number of anilines is 1. The quantitative estimate of drug-likeness (QED) is 0.869. The van der Waals surface area contributed by atoms with Gasteiger partial charge in [-0.1, -0.05) is 26.0 Å². The summed E-state index contributed by atoms with van der Waals surface area (Å²) in [6.07, 6.45) is 0. The summed E-state index contributed by atoms with van der Waals surface area (Å²) in [5.74, 6) is 0.00497. The number of nitrogens with two attached hydrogens (primary N) is 1. The zero-order chi connectivity index (χ0) is 14.6. The van der Waals surface area contributed by atoms with Gasteiger partial charge in [0.25, 0.3) is 0 Å². The molecule has 1 amide bonds. The predicted molar refractivity (Wildman–Crippen MR) is 94.5 cm³/mol. The van der Waals surface area contributed by atoms with Crippen molar-refractivity contribution in [1.29, 1.82) is 0 Å². The highest BCUT2D eigenvalue weighted by molar-refractivity contribution is 5.95. The third-order valence-corrected chi connectivity index (χ3v) is 3.08. The van der Waals surface area contributed by atoms with Crippen molar-refractivity contribution in [3.8, 4) is 0 Å².